The van der Waals surface area contributed by atoms with E-state index in [0.29, 0.717) is 6.42 Å². The second-order valence-electron chi connectivity index (χ2n) is 4.12. The molecule has 0 spiro atoms. The summed E-state index contributed by atoms with van der Waals surface area (Å²) < 4.78 is 10.6. The Morgan fingerprint density at radius 1 is 1.11 bits per heavy atom. The number of hydrogen-bond donors (Lipinski definition) is 2. The summed E-state index contributed by atoms with van der Waals surface area (Å²) >= 11 is 0. The van der Waals surface area contributed by atoms with Crippen LogP contribution in [0.1, 0.15) is 24.8 Å². The van der Waals surface area contributed by atoms with Crippen molar-refractivity contribution < 1.29 is 19.3 Å². The van der Waals surface area contributed by atoms with Crippen LogP contribution in [-0.4, -0.2) is 20.9 Å². The van der Waals surface area contributed by atoms with Crippen molar-refractivity contribution in [1.29, 1.82) is 0 Å². The largest absolute Gasteiger partial charge is 0.325 e. The molecule has 2 N–H and O–H groups in total. The molecule has 100 valence electrons. The van der Waals surface area contributed by atoms with Gasteiger partial charge in [-0.25, -0.2) is 0 Å². The van der Waals surface area contributed by atoms with Crippen LogP contribution >= 0.6 is 7.60 Å². The number of hydrogen-bond acceptors (Lipinski definition) is 3. The summed E-state index contributed by atoms with van der Waals surface area (Å²) in [5.74, 6) is 0. The SMILES string of the molecule is O=[N+]([O-])c1ccc(CCCCCP(=O)(O)O)cc1. The normalized spacial score (nSPS) is 11.4. The van der Waals surface area contributed by atoms with Crippen molar-refractivity contribution in [2.45, 2.75) is 25.7 Å². The average Bonchev–Trinajstić information content (AvgIpc) is 2.27. The minimum Gasteiger partial charge on any atom is -0.324 e. The second-order valence-corrected chi connectivity index (χ2v) is 5.90. The molecule has 7 heteroatoms. The number of nitro benzene ring substituents is 1. The second kappa shape index (κ2) is 6.64. The Morgan fingerprint density at radius 2 is 1.72 bits per heavy atom. The fourth-order valence-electron chi connectivity index (χ4n) is 1.61. The van der Waals surface area contributed by atoms with E-state index in [0.717, 1.165) is 24.8 Å². The third-order valence-corrected chi connectivity index (χ3v) is 3.46. The quantitative estimate of drug-likeness (QED) is 0.344. The van der Waals surface area contributed by atoms with Crippen molar-refractivity contribution in [1.82, 2.24) is 0 Å². The van der Waals surface area contributed by atoms with Gasteiger partial charge in [-0.1, -0.05) is 18.6 Å². The Labute approximate surface area is 105 Å². The van der Waals surface area contributed by atoms with Gasteiger partial charge in [0.05, 0.1) is 4.92 Å². The van der Waals surface area contributed by atoms with Crippen LogP contribution < -0.4 is 0 Å². The first-order valence-corrected chi connectivity index (χ1v) is 7.46. The molecule has 1 rings (SSSR count). The average molecular weight is 273 g/mol. The standard InChI is InChI=1S/C11H16NO5P/c13-12(14)11-7-5-10(6-8-11)4-2-1-3-9-18(15,16)17/h5-8H,1-4,9H2,(H2,15,16,17). The van der Waals surface area contributed by atoms with E-state index in [9.17, 15) is 14.7 Å². The molecule has 0 saturated carbocycles. The highest BCUT2D eigenvalue weighted by Crippen LogP contribution is 2.35. The number of nitrogens with zero attached hydrogens (tertiary/aromatic N) is 1. The monoisotopic (exact) mass is 273 g/mol. The van der Waals surface area contributed by atoms with Gasteiger partial charge < -0.3 is 9.79 Å². The molecule has 0 fully saturated rings. The van der Waals surface area contributed by atoms with Gasteiger partial charge in [-0.2, -0.15) is 0 Å². The van der Waals surface area contributed by atoms with E-state index in [1.807, 2.05) is 0 Å². The maximum atomic E-state index is 10.6. The van der Waals surface area contributed by atoms with Crippen LogP contribution in [0.4, 0.5) is 5.69 Å². The predicted molar refractivity (Wildman–Crippen MR) is 67.6 cm³/mol. The zero-order valence-electron chi connectivity index (χ0n) is 9.86. The number of unbranched alkanes of at least 4 members (excludes halogenated alkanes) is 2. The van der Waals surface area contributed by atoms with Gasteiger partial charge >= 0.3 is 7.60 Å². The zero-order chi connectivity index (χ0) is 13.6. The third kappa shape index (κ3) is 5.91. The van der Waals surface area contributed by atoms with Crippen molar-refractivity contribution in [3.63, 3.8) is 0 Å². The minimum absolute atomic E-state index is 0.0697. The molecule has 0 aliphatic heterocycles. The Bertz CT molecular complexity index is 439. The number of benzene rings is 1. The summed E-state index contributed by atoms with van der Waals surface area (Å²) in [5, 5.41) is 10.4. The molecule has 0 bridgehead atoms. The highest BCUT2D eigenvalue weighted by Gasteiger charge is 2.11. The van der Waals surface area contributed by atoms with Gasteiger partial charge in [0.15, 0.2) is 0 Å². The first kappa shape index (κ1) is 14.8. The summed E-state index contributed by atoms with van der Waals surface area (Å²) in [5.41, 5.74) is 1.07. The van der Waals surface area contributed by atoms with Gasteiger partial charge in [0.1, 0.15) is 0 Å². The van der Waals surface area contributed by atoms with Crippen molar-refractivity contribution >= 4 is 13.3 Å². The minimum atomic E-state index is -3.87. The smallest absolute Gasteiger partial charge is 0.324 e. The molecule has 0 atom stereocenters. The molecule has 0 aliphatic rings. The van der Waals surface area contributed by atoms with E-state index < -0.39 is 12.5 Å². The van der Waals surface area contributed by atoms with Crippen molar-refractivity contribution in [3.05, 3.63) is 39.9 Å². The van der Waals surface area contributed by atoms with E-state index in [4.69, 9.17) is 9.79 Å². The van der Waals surface area contributed by atoms with Crippen molar-refractivity contribution in [3.8, 4) is 0 Å². The van der Waals surface area contributed by atoms with Gasteiger partial charge in [0.25, 0.3) is 5.69 Å². The molecule has 18 heavy (non-hydrogen) atoms. The van der Waals surface area contributed by atoms with Crippen LogP contribution in [0.15, 0.2) is 24.3 Å². The molecule has 0 aliphatic carbocycles. The molecule has 0 aromatic heterocycles. The summed E-state index contributed by atoms with van der Waals surface area (Å²) in [7, 11) is -3.87. The predicted octanol–water partition coefficient (Wildman–Crippen LogP) is 2.49. The molecule has 0 amide bonds. The van der Waals surface area contributed by atoms with Gasteiger partial charge in [-0.15, -0.1) is 0 Å². The highest BCUT2D eigenvalue weighted by atomic mass is 31.2. The van der Waals surface area contributed by atoms with E-state index in [1.54, 1.807) is 12.1 Å². The number of aryl methyl sites for hydroxylation is 1. The summed E-state index contributed by atoms with van der Waals surface area (Å²) in [6, 6.07) is 6.35. The van der Waals surface area contributed by atoms with Gasteiger partial charge in [0, 0.05) is 18.3 Å². The van der Waals surface area contributed by atoms with E-state index in [1.165, 1.54) is 12.1 Å². The first-order valence-electron chi connectivity index (χ1n) is 5.66. The topological polar surface area (TPSA) is 101 Å². The van der Waals surface area contributed by atoms with Crippen molar-refractivity contribution in [2.24, 2.45) is 0 Å². The van der Waals surface area contributed by atoms with Crippen LogP contribution in [0.2, 0.25) is 0 Å². The first-order chi connectivity index (χ1) is 8.38. The van der Waals surface area contributed by atoms with Crippen LogP contribution in [-0.2, 0) is 11.0 Å². The van der Waals surface area contributed by atoms with Crippen LogP contribution in [0.3, 0.4) is 0 Å². The molecule has 0 heterocycles. The lowest BCUT2D eigenvalue weighted by atomic mass is 10.1. The molecule has 6 nitrogen and oxygen atoms in total. The van der Waals surface area contributed by atoms with Crippen LogP contribution in [0.25, 0.3) is 0 Å². The lowest BCUT2D eigenvalue weighted by Crippen LogP contribution is -1.91. The fourth-order valence-corrected chi connectivity index (χ4v) is 2.24. The molecule has 0 saturated heterocycles. The van der Waals surface area contributed by atoms with Crippen LogP contribution in [0.5, 0.6) is 0 Å². The molecule has 0 unspecified atom stereocenters. The Morgan fingerprint density at radius 3 is 2.22 bits per heavy atom. The highest BCUT2D eigenvalue weighted by molar-refractivity contribution is 7.51. The van der Waals surface area contributed by atoms with E-state index >= 15 is 0 Å². The van der Waals surface area contributed by atoms with Crippen LogP contribution in [0, 0.1) is 10.1 Å². The maximum Gasteiger partial charge on any atom is 0.325 e. The van der Waals surface area contributed by atoms with Gasteiger partial charge in [0.2, 0.25) is 0 Å². The van der Waals surface area contributed by atoms with E-state index in [-0.39, 0.29) is 11.8 Å². The number of rotatable bonds is 7. The third-order valence-electron chi connectivity index (χ3n) is 2.56. The van der Waals surface area contributed by atoms with Crippen molar-refractivity contribution in [2.75, 3.05) is 6.16 Å². The molecular weight excluding hydrogens is 257 g/mol. The lowest BCUT2D eigenvalue weighted by molar-refractivity contribution is -0.384. The van der Waals surface area contributed by atoms with Gasteiger partial charge in [-0.05, 0) is 24.8 Å². The fraction of sp³-hybridized carbons (Fsp3) is 0.455. The molecular formula is C11H16NO5P. The number of nitro groups is 1. The summed E-state index contributed by atoms with van der Waals surface area (Å²) in [6.45, 7) is 0. The summed E-state index contributed by atoms with van der Waals surface area (Å²) in [6.07, 6.45) is 2.74. The summed E-state index contributed by atoms with van der Waals surface area (Å²) in [4.78, 5) is 27.3. The molecule has 1 aromatic rings. The van der Waals surface area contributed by atoms with E-state index in [2.05, 4.69) is 0 Å². The number of non-ortho nitro benzene ring substituents is 1. The Balaban J connectivity index is 2.27. The molecule has 0 radical (unpaired) electrons. The zero-order valence-corrected chi connectivity index (χ0v) is 10.8. The van der Waals surface area contributed by atoms with Gasteiger partial charge in [-0.3, -0.25) is 14.7 Å². The maximum absolute atomic E-state index is 10.6. The Kier molecular flexibility index (Phi) is 5.47. The molecule has 1 aromatic carbocycles. The Hall–Kier alpha value is -1.23. The lowest BCUT2D eigenvalue weighted by Gasteiger charge is -2.03.